The highest BCUT2D eigenvalue weighted by Crippen LogP contribution is 2.24. The molecular formula is C15H19N3O2. The zero-order chi connectivity index (χ0) is 14.1. The monoisotopic (exact) mass is 273 g/mol. The van der Waals surface area contributed by atoms with Crippen LogP contribution in [0.5, 0.6) is 0 Å². The fraction of sp³-hybridized carbons (Fsp3) is 0.400. The van der Waals surface area contributed by atoms with Crippen molar-refractivity contribution < 1.29 is 9.53 Å². The van der Waals surface area contributed by atoms with Crippen molar-refractivity contribution in [1.82, 2.24) is 10.3 Å². The van der Waals surface area contributed by atoms with Crippen LogP contribution in [0.2, 0.25) is 0 Å². The number of carbonyl (C=O) groups is 1. The van der Waals surface area contributed by atoms with Crippen LogP contribution in [-0.4, -0.2) is 35.7 Å². The summed E-state index contributed by atoms with van der Waals surface area (Å²) in [4.78, 5) is 15.5. The average Bonchev–Trinajstić information content (AvgIpc) is 2.92. The van der Waals surface area contributed by atoms with Crippen molar-refractivity contribution in [3.05, 3.63) is 36.0 Å². The molecule has 0 saturated heterocycles. The second-order valence-corrected chi connectivity index (χ2v) is 5.14. The zero-order valence-electron chi connectivity index (χ0n) is 11.4. The molecule has 3 unspecified atom stereocenters. The number of amides is 1. The first-order chi connectivity index (χ1) is 9.70. The van der Waals surface area contributed by atoms with Crippen LogP contribution in [0.1, 0.15) is 23.7 Å². The van der Waals surface area contributed by atoms with Crippen LogP contribution in [0, 0.1) is 0 Å². The SMILES string of the molecule is CCOC1CC(N)C1NC(=O)c1cccc2cc[nH]c12. The molecule has 2 aromatic rings. The lowest BCUT2D eigenvalue weighted by Crippen LogP contribution is -2.64. The van der Waals surface area contributed by atoms with E-state index >= 15 is 0 Å². The third kappa shape index (κ3) is 2.19. The summed E-state index contributed by atoms with van der Waals surface area (Å²) in [5, 5.41) is 4.02. The van der Waals surface area contributed by atoms with Crippen molar-refractivity contribution in [2.24, 2.45) is 5.73 Å². The van der Waals surface area contributed by atoms with Crippen molar-refractivity contribution in [3.8, 4) is 0 Å². The van der Waals surface area contributed by atoms with Gasteiger partial charge in [-0.15, -0.1) is 0 Å². The molecule has 1 aromatic heterocycles. The Morgan fingerprint density at radius 3 is 3.10 bits per heavy atom. The van der Waals surface area contributed by atoms with Gasteiger partial charge in [-0.2, -0.15) is 0 Å². The second kappa shape index (κ2) is 5.26. The summed E-state index contributed by atoms with van der Waals surface area (Å²) in [5.74, 6) is -0.108. The molecule has 3 atom stereocenters. The summed E-state index contributed by atoms with van der Waals surface area (Å²) in [6, 6.07) is 7.48. The lowest BCUT2D eigenvalue weighted by Gasteiger charge is -2.42. The van der Waals surface area contributed by atoms with E-state index in [1.54, 1.807) is 0 Å². The van der Waals surface area contributed by atoms with Gasteiger partial charge in [0, 0.05) is 24.2 Å². The first kappa shape index (κ1) is 13.1. The van der Waals surface area contributed by atoms with Gasteiger partial charge in [0.05, 0.1) is 23.2 Å². The van der Waals surface area contributed by atoms with E-state index in [4.69, 9.17) is 10.5 Å². The van der Waals surface area contributed by atoms with E-state index in [-0.39, 0.29) is 24.1 Å². The molecule has 3 rings (SSSR count). The van der Waals surface area contributed by atoms with Crippen LogP contribution in [0.25, 0.3) is 10.9 Å². The number of para-hydroxylation sites is 1. The van der Waals surface area contributed by atoms with Gasteiger partial charge in [-0.25, -0.2) is 0 Å². The van der Waals surface area contributed by atoms with Crippen molar-refractivity contribution in [2.75, 3.05) is 6.61 Å². The van der Waals surface area contributed by atoms with Gasteiger partial charge >= 0.3 is 0 Å². The largest absolute Gasteiger partial charge is 0.376 e. The fourth-order valence-electron chi connectivity index (χ4n) is 2.73. The molecule has 5 heteroatoms. The number of carbonyl (C=O) groups excluding carboxylic acids is 1. The topological polar surface area (TPSA) is 80.1 Å². The molecule has 1 saturated carbocycles. The molecule has 1 aliphatic rings. The number of rotatable bonds is 4. The molecule has 0 spiro atoms. The maximum atomic E-state index is 12.4. The molecule has 20 heavy (non-hydrogen) atoms. The minimum atomic E-state index is -0.108. The molecule has 0 radical (unpaired) electrons. The molecule has 1 aromatic carbocycles. The van der Waals surface area contributed by atoms with Gasteiger partial charge < -0.3 is 20.8 Å². The third-order valence-electron chi connectivity index (χ3n) is 3.88. The Morgan fingerprint density at radius 2 is 2.35 bits per heavy atom. The smallest absolute Gasteiger partial charge is 0.253 e. The molecule has 4 N–H and O–H groups in total. The van der Waals surface area contributed by atoms with E-state index in [0.717, 1.165) is 17.3 Å². The Morgan fingerprint density at radius 1 is 1.50 bits per heavy atom. The minimum absolute atomic E-state index is 0.0293. The summed E-state index contributed by atoms with van der Waals surface area (Å²) in [5.41, 5.74) is 7.45. The number of benzene rings is 1. The van der Waals surface area contributed by atoms with Gasteiger partial charge in [-0.3, -0.25) is 4.79 Å². The molecule has 1 aliphatic carbocycles. The Labute approximate surface area is 117 Å². The summed E-state index contributed by atoms with van der Waals surface area (Å²) in [6.45, 7) is 2.58. The molecule has 1 fully saturated rings. The predicted octanol–water partition coefficient (Wildman–Crippen LogP) is 1.40. The first-order valence-electron chi connectivity index (χ1n) is 6.95. The number of H-pyrrole nitrogens is 1. The molecule has 5 nitrogen and oxygen atoms in total. The minimum Gasteiger partial charge on any atom is -0.376 e. The lowest BCUT2D eigenvalue weighted by molar-refractivity contribution is -0.0300. The van der Waals surface area contributed by atoms with E-state index in [1.165, 1.54) is 0 Å². The van der Waals surface area contributed by atoms with E-state index in [2.05, 4.69) is 10.3 Å². The van der Waals surface area contributed by atoms with Gasteiger partial charge in [0.1, 0.15) is 0 Å². The number of fused-ring (bicyclic) bond motifs is 1. The zero-order valence-corrected chi connectivity index (χ0v) is 11.4. The number of nitrogens with one attached hydrogen (secondary N) is 2. The maximum Gasteiger partial charge on any atom is 0.253 e. The van der Waals surface area contributed by atoms with E-state index in [1.807, 2.05) is 37.4 Å². The van der Waals surface area contributed by atoms with Crippen LogP contribution in [0.3, 0.4) is 0 Å². The Kier molecular flexibility index (Phi) is 3.46. The summed E-state index contributed by atoms with van der Waals surface area (Å²) < 4.78 is 5.57. The van der Waals surface area contributed by atoms with Crippen molar-refractivity contribution >= 4 is 16.8 Å². The average molecular weight is 273 g/mol. The van der Waals surface area contributed by atoms with Gasteiger partial charge in [-0.05, 0) is 25.5 Å². The quantitative estimate of drug-likeness (QED) is 0.787. The van der Waals surface area contributed by atoms with Crippen LogP contribution < -0.4 is 11.1 Å². The predicted molar refractivity (Wildman–Crippen MR) is 77.6 cm³/mol. The van der Waals surface area contributed by atoms with E-state index in [9.17, 15) is 4.79 Å². The van der Waals surface area contributed by atoms with Gasteiger partial charge in [-0.1, -0.05) is 12.1 Å². The van der Waals surface area contributed by atoms with Crippen molar-refractivity contribution in [3.63, 3.8) is 0 Å². The Balaban J connectivity index is 1.78. The highest BCUT2D eigenvalue weighted by Gasteiger charge is 2.40. The van der Waals surface area contributed by atoms with Crippen LogP contribution in [0.15, 0.2) is 30.5 Å². The van der Waals surface area contributed by atoms with Crippen LogP contribution >= 0.6 is 0 Å². The Bertz CT molecular complexity index is 620. The second-order valence-electron chi connectivity index (χ2n) is 5.14. The Hall–Kier alpha value is -1.85. The summed E-state index contributed by atoms with van der Waals surface area (Å²) in [7, 11) is 0. The van der Waals surface area contributed by atoms with Crippen LogP contribution in [-0.2, 0) is 4.74 Å². The number of aromatic nitrogens is 1. The molecule has 0 bridgehead atoms. The van der Waals surface area contributed by atoms with Gasteiger partial charge in [0.25, 0.3) is 5.91 Å². The summed E-state index contributed by atoms with van der Waals surface area (Å²) in [6.07, 6.45) is 2.66. The first-order valence-corrected chi connectivity index (χ1v) is 6.95. The molecule has 1 heterocycles. The highest BCUT2D eigenvalue weighted by atomic mass is 16.5. The molecule has 0 aliphatic heterocycles. The summed E-state index contributed by atoms with van der Waals surface area (Å²) >= 11 is 0. The lowest BCUT2D eigenvalue weighted by atomic mass is 9.83. The standard InChI is InChI=1S/C15H19N3O2/c1-2-20-12-8-11(16)14(12)18-15(19)10-5-3-4-9-6-7-17-13(9)10/h3-7,11-12,14,17H,2,8,16H2,1H3,(H,18,19). The van der Waals surface area contributed by atoms with E-state index in [0.29, 0.717) is 12.2 Å². The fourth-order valence-corrected chi connectivity index (χ4v) is 2.73. The maximum absolute atomic E-state index is 12.4. The number of aromatic amines is 1. The van der Waals surface area contributed by atoms with E-state index < -0.39 is 0 Å². The van der Waals surface area contributed by atoms with Crippen LogP contribution in [0.4, 0.5) is 0 Å². The number of nitrogens with two attached hydrogens (primary N) is 1. The third-order valence-corrected chi connectivity index (χ3v) is 3.88. The number of hydrogen-bond donors (Lipinski definition) is 3. The normalized spacial score (nSPS) is 25.4. The van der Waals surface area contributed by atoms with Crippen molar-refractivity contribution in [1.29, 1.82) is 0 Å². The molecule has 1 amide bonds. The molecular weight excluding hydrogens is 254 g/mol. The number of ether oxygens (including phenoxy) is 1. The molecule has 106 valence electrons. The van der Waals surface area contributed by atoms with Gasteiger partial charge in [0.15, 0.2) is 0 Å². The number of hydrogen-bond acceptors (Lipinski definition) is 3. The highest BCUT2D eigenvalue weighted by molar-refractivity contribution is 6.05. The van der Waals surface area contributed by atoms with Gasteiger partial charge in [0.2, 0.25) is 0 Å². The van der Waals surface area contributed by atoms with Crippen molar-refractivity contribution in [2.45, 2.75) is 31.5 Å².